The van der Waals surface area contributed by atoms with Gasteiger partial charge in [0.1, 0.15) is 0 Å². The second kappa shape index (κ2) is 7.30. The fourth-order valence-electron chi connectivity index (χ4n) is 3.19. The minimum Gasteiger partial charge on any atom is -0.225 e. The van der Waals surface area contributed by atoms with E-state index in [-0.39, 0.29) is 16.7 Å². The Labute approximate surface area is 152 Å². The summed E-state index contributed by atoms with van der Waals surface area (Å²) in [7, 11) is -3.79. The lowest BCUT2D eigenvalue weighted by Crippen LogP contribution is -2.14. The van der Waals surface area contributed by atoms with Crippen LogP contribution in [0.4, 0.5) is 0 Å². The minimum atomic E-state index is -3.79. The molecule has 2 aromatic rings. The van der Waals surface area contributed by atoms with E-state index in [4.69, 9.17) is 5.14 Å². The molecule has 0 saturated carbocycles. The summed E-state index contributed by atoms with van der Waals surface area (Å²) in [6.45, 7) is 12.9. The number of primary sulfonamides is 1. The molecule has 0 aliphatic heterocycles. The molecule has 2 N–H and O–H groups in total. The number of hydrogen-bond acceptors (Lipinski definition) is 2. The topological polar surface area (TPSA) is 60.2 Å². The van der Waals surface area contributed by atoms with Gasteiger partial charge in [-0.2, -0.15) is 0 Å². The van der Waals surface area contributed by atoms with Crippen molar-refractivity contribution in [2.24, 2.45) is 5.14 Å². The highest BCUT2D eigenvalue weighted by Gasteiger charge is 2.23. The van der Waals surface area contributed by atoms with Gasteiger partial charge in [0.2, 0.25) is 10.0 Å². The predicted octanol–water partition coefficient (Wildman–Crippen LogP) is 5.37. The molecule has 2 aromatic carbocycles. The van der Waals surface area contributed by atoms with Crippen LogP contribution in [0.15, 0.2) is 41.3 Å². The van der Waals surface area contributed by atoms with Crippen molar-refractivity contribution >= 4 is 10.0 Å². The van der Waals surface area contributed by atoms with Gasteiger partial charge in [-0.1, -0.05) is 71.9 Å². The van der Waals surface area contributed by atoms with E-state index in [0.717, 1.165) is 5.56 Å². The van der Waals surface area contributed by atoms with Gasteiger partial charge in [-0.05, 0) is 46.1 Å². The first kappa shape index (κ1) is 19.7. The average molecular weight is 360 g/mol. The van der Waals surface area contributed by atoms with Crippen LogP contribution in [-0.2, 0) is 10.0 Å². The first-order valence-electron chi connectivity index (χ1n) is 8.84. The van der Waals surface area contributed by atoms with Gasteiger partial charge in [-0.25, -0.2) is 13.6 Å². The quantitative estimate of drug-likeness (QED) is 0.780. The largest absolute Gasteiger partial charge is 0.238 e. The van der Waals surface area contributed by atoms with Crippen LogP contribution < -0.4 is 5.14 Å². The Morgan fingerprint density at radius 2 is 1.28 bits per heavy atom. The van der Waals surface area contributed by atoms with Crippen LogP contribution in [0.1, 0.15) is 76.0 Å². The number of nitrogens with two attached hydrogens (primary N) is 1. The molecule has 0 amide bonds. The van der Waals surface area contributed by atoms with Gasteiger partial charge in [-0.3, -0.25) is 0 Å². The van der Waals surface area contributed by atoms with Gasteiger partial charge < -0.3 is 0 Å². The minimum absolute atomic E-state index is 0.191. The number of benzene rings is 2. The van der Waals surface area contributed by atoms with Crippen LogP contribution in [-0.4, -0.2) is 8.42 Å². The molecule has 0 aromatic heterocycles. The highest BCUT2D eigenvalue weighted by Crippen LogP contribution is 2.40. The summed E-state index contributed by atoms with van der Waals surface area (Å²) in [5.41, 5.74) is 5.34. The summed E-state index contributed by atoms with van der Waals surface area (Å²) in [6.07, 6.45) is 0. The first-order valence-corrected chi connectivity index (χ1v) is 10.4. The molecule has 2 rings (SSSR count). The number of rotatable bonds is 5. The molecule has 0 bridgehead atoms. The van der Waals surface area contributed by atoms with Crippen LogP contribution in [0.5, 0.6) is 0 Å². The fourth-order valence-corrected chi connectivity index (χ4v) is 3.93. The molecule has 0 atom stereocenters. The van der Waals surface area contributed by atoms with Crippen LogP contribution in [0.25, 0.3) is 11.1 Å². The van der Waals surface area contributed by atoms with Crippen molar-refractivity contribution in [3.8, 4) is 11.1 Å². The van der Waals surface area contributed by atoms with E-state index in [1.165, 1.54) is 16.7 Å². The zero-order chi connectivity index (χ0) is 18.9. The van der Waals surface area contributed by atoms with E-state index in [1.807, 2.05) is 12.1 Å². The summed E-state index contributed by atoms with van der Waals surface area (Å²) in [5.74, 6) is 0.969. The third kappa shape index (κ3) is 4.13. The molecule has 0 unspecified atom stereocenters. The van der Waals surface area contributed by atoms with Crippen molar-refractivity contribution in [2.45, 2.75) is 64.2 Å². The molecule has 136 valence electrons. The van der Waals surface area contributed by atoms with E-state index < -0.39 is 10.0 Å². The van der Waals surface area contributed by atoms with E-state index in [2.05, 4.69) is 53.7 Å². The van der Waals surface area contributed by atoms with Crippen LogP contribution >= 0.6 is 0 Å². The van der Waals surface area contributed by atoms with Crippen molar-refractivity contribution in [3.05, 3.63) is 53.1 Å². The molecule has 0 radical (unpaired) electrons. The fraction of sp³-hybridized carbons (Fsp3) is 0.429. The zero-order valence-electron chi connectivity index (χ0n) is 16.0. The highest BCUT2D eigenvalue weighted by atomic mass is 32.2. The molecule has 0 saturated heterocycles. The van der Waals surface area contributed by atoms with Crippen LogP contribution in [0, 0.1) is 0 Å². The predicted molar refractivity (Wildman–Crippen MR) is 106 cm³/mol. The first-order chi connectivity index (χ1) is 11.5. The standard InChI is InChI=1S/C21H29NO2S/c1-13(2)16-11-18(14(3)4)21(19(12-16)15(5)6)17-9-7-8-10-20(17)25(22,23)24/h7-15H,1-6H3,(H2,22,23,24). The molecule has 4 heteroatoms. The Bertz CT molecular complexity index is 836. The second-order valence-corrected chi connectivity index (χ2v) is 9.11. The lowest BCUT2D eigenvalue weighted by atomic mass is 9.82. The van der Waals surface area contributed by atoms with Crippen molar-refractivity contribution < 1.29 is 8.42 Å². The summed E-state index contributed by atoms with van der Waals surface area (Å²) < 4.78 is 24.3. The molecule has 3 nitrogen and oxygen atoms in total. The summed E-state index contributed by atoms with van der Waals surface area (Å²) >= 11 is 0. The average Bonchev–Trinajstić information content (AvgIpc) is 2.52. The summed E-state index contributed by atoms with van der Waals surface area (Å²) in [5, 5.41) is 5.50. The molecular formula is C21H29NO2S. The van der Waals surface area contributed by atoms with Gasteiger partial charge in [0.05, 0.1) is 4.90 Å². The normalized spacial score (nSPS) is 12.4. The van der Waals surface area contributed by atoms with Crippen molar-refractivity contribution in [1.29, 1.82) is 0 Å². The van der Waals surface area contributed by atoms with Crippen molar-refractivity contribution in [2.75, 3.05) is 0 Å². The third-order valence-electron chi connectivity index (χ3n) is 4.60. The summed E-state index contributed by atoms with van der Waals surface area (Å²) in [4.78, 5) is 0.191. The second-order valence-electron chi connectivity index (χ2n) is 7.58. The van der Waals surface area contributed by atoms with Crippen LogP contribution in [0.3, 0.4) is 0 Å². The molecule has 0 heterocycles. The lowest BCUT2D eigenvalue weighted by Gasteiger charge is -2.24. The van der Waals surface area contributed by atoms with Gasteiger partial charge in [0, 0.05) is 5.56 Å². The SMILES string of the molecule is CC(C)c1cc(C(C)C)c(-c2ccccc2S(N)(=O)=O)c(C(C)C)c1. The van der Waals surface area contributed by atoms with E-state index in [1.54, 1.807) is 12.1 Å². The Kier molecular flexibility index (Phi) is 5.75. The maximum atomic E-state index is 12.1. The number of sulfonamides is 1. The summed E-state index contributed by atoms with van der Waals surface area (Å²) in [6, 6.07) is 11.5. The molecule has 25 heavy (non-hydrogen) atoms. The smallest absolute Gasteiger partial charge is 0.225 e. The van der Waals surface area contributed by atoms with Gasteiger partial charge >= 0.3 is 0 Å². The zero-order valence-corrected chi connectivity index (χ0v) is 16.8. The number of hydrogen-bond donors (Lipinski definition) is 1. The lowest BCUT2D eigenvalue weighted by molar-refractivity contribution is 0.598. The van der Waals surface area contributed by atoms with Crippen LogP contribution in [0.2, 0.25) is 0 Å². The van der Waals surface area contributed by atoms with Gasteiger partial charge in [0.15, 0.2) is 0 Å². The van der Waals surface area contributed by atoms with Gasteiger partial charge in [-0.15, -0.1) is 0 Å². The molecule has 0 aliphatic carbocycles. The van der Waals surface area contributed by atoms with Gasteiger partial charge in [0.25, 0.3) is 0 Å². The molecule has 0 aliphatic rings. The highest BCUT2D eigenvalue weighted by molar-refractivity contribution is 7.89. The van der Waals surface area contributed by atoms with Crippen molar-refractivity contribution in [3.63, 3.8) is 0 Å². The Morgan fingerprint density at radius 3 is 1.68 bits per heavy atom. The maximum absolute atomic E-state index is 12.1. The maximum Gasteiger partial charge on any atom is 0.238 e. The Morgan fingerprint density at radius 1 is 0.800 bits per heavy atom. The Hall–Kier alpha value is -1.65. The Balaban J connectivity index is 2.95. The molecular weight excluding hydrogens is 330 g/mol. The monoisotopic (exact) mass is 359 g/mol. The van der Waals surface area contributed by atoms with E-state index >= 15 is 0 Å². The van der Waals surface area contributed by atoms with E-state index in [0.29, 0.717) is 11.5 Å². The van der Waals surface area contributed by atoms with Crippen molar-refractivity contribution in [1.82, 2.24) is 0 Å². The third-order valence-corrected chi connectivity index (χ3v) is 5.56. The van der Waals surface area contributed by atoms with E-state index in [9.17, 15) is 8.42 Å². The molecule has 0 fully saturated rings. The molecule has 0 spiro atoms.